The largest absolute Gasteiger partial charge is 0.355 e. The van der Waals surface area contributed by atoms with E-state index < -0.39 is 0 Å². The third-order valence-electron chi connectivity index (χ3n) is 2.76. The molecule has 0 bridgehead atoms. The minimum Gasteiger partial charge on any atom is -0.355 e. The van der Waals surface area contributed by atoms with Crippen molar-refractivity contribution in [3.05, 3.63) is 35.9 Å². The third kappa shape index (κ3) is 9.51. The highest BCUT2D eigenvalue weighted by molar-refractivity contribution is 5.85. The van der Waals surface area contributed by atoms with Crippen molar-refractivity contribution in [1.82, 2.24) is 10.6 Å². The van der Waals surface area contributed by atoms with Crippen LogP contribution < -0.4 is 10.6 Å². The Labute approximate surface area is 122 Å². The van der Waals surface area contributed by atoms with Crippen LogP contribution in [0.5, 0.6) is 0 Å². The first-order chi connectivity index (χ1) is 8.83. The number of carbonyl (C=O) groups excluding carboxylic acids is 1. The van der Waals surface area contributed by atoms with Crippen molar-refractivity contribution in [3.8, 4) is 0 Å². The maximum Gasteiger partial charge on any atom is 0.220 e. The number of halogens is 1. The molecule has 0 fully saturated rings. The van der Waals surface area contributed by atoms with Crippen LogP contribution in [0.15, 0.2) is 30.3 Å². The molecule has 19 heavy (non-hydrogen) atoms. The van der Waals surface area contributed by atoms with Gasteiger partial charge in [0.15, 0.2) is 0 Å². The average Bonchev–Trinajstić information content (AvgIpc) is 2.40. The van der Waals surface area contributed by atoms with Gasteiger partial charge in [0.2, 0.25) is 5.91 Å². The maximum absolute atomic E-state index is 11.5. The Morgan fingerprint density at radius 3 is 2.53 bits per heavy atom. The lowest BCUT2D eigenvalue weighted by molar-refractivity contribution is -0.121. The monoisotopic (exact) mass is 284 g/mol. The van der Waals surface area contributed by atoms with Crippen LogP contribution in [0.3, 0.4) is 0 Å². The number of hydrogen-bond acceptors (Lipinski definition) is 2. The molecule has 1 aromatic rings. The van der Waals surface area contributed by atoms with E-state index in [2.05, 4.69) is 29.7 Å². The van der Waals surface area contributed by atoms with Gasteiger partial charge in [0.05, 0.1) is 0 Å². The van der Waals surface area contributed by atoms with Crippen molar-refractivity contribution < 1.29 is 4.79 Å². The van der Waals surface area contributed by atoms with Crippen molar-refractivity contribution >= 4 is 18.3 Å². The number of aryl methyl sites for hydroxylation is 1. The second-order valence-corrected chi connectivity index (χ2v) is 4.44. The fourth-order valence-electron chi connectivity index (χ4n) is 1.78. The number of benzene rings is 1. The molecule has 4 heteroatoms. The van der Waals surface area contributed by atoms with Gasteiger partial charge in [-0.2, -0.15) is 0 Å². The highest BCUT2D eigenvalue weighted by Crippen LogP contribution is 2.04. The molecule has 0 spiro atoms. The summed E-state index contributed by atoms with van der Waals surface area (Å²) in [5.74, 6) is 0.157. The first-order valence-electron chi connectivity index (χ1n) is 6.84. The molecule has 3 nitrogen and oxygen atoms in total. The van der Waals surface area contributed by atoms with E-state index in [9.17, 15) is 4.79 Å². The minimum atomic E-state index is 0. The molecule has 2 N–H and O–H groups in total. The molecule has 0 aliphatic rings. The van der Waals surface area contributed by atoms with Gasteiger partial charge in [-0.05, 0) is 31.4 Å². The average molecular weight is 285 g/mol. The second kappa shape index (κ2) is 12.0. The Kier molecular flexibility index (Phi) is 11.3. The van der Waals surface area contributed by atoms with Gasteiger partial charge in [-0.15, -0.1) is 12.4 Å². The Hall–Kier alpha value is -1.06. The summed E-state index contributed by atoms with van der Waals surface area (Å²) >= 11 is 0. The zero-order valence-corrected chi connectivity index (χ0v) is 12.5. The standard InChI is InChI=1S/C15H24N2O.ClH/c1-2-11-16-12-13-17-15(18)10-6-9-14-7-4-3-5-8-14;/h3-5,7-8,16H,2,6,9-13H2,1H3,(H,17,18);1H. The van der Waals surface area contributed by atoms with Gasteiger partial charge in [-0.3, -0.25) is 4.79 Å². The Balaban J connectivity index is 0.00000324. The number of hydrogen-bond donors (Lipinski definition) is 2. The molecule has 0 unspecified atom stereocenters. The summed E-state index contributed by atoms with van der Waals surface area (Å²) in [6, 6.07) is 10.3. The normalized spacial score (nSPS) is 9.74. The predicted molar refractivity (Wildman–Crippen MR) is 82.8 cm³/mol. The summed E-state index contributed by atoms with van der Waals surface area (Å²) in [7, 11) is 0. The SMILES string of the molecule is CCCNCCNC(=O)CCCc1ccccc1.Cl. The molecular formula is C15H25ClN2O. The lowest BCUT2D eigenvalue weighted by Crippen LogP contribution is -2.31. The van der Waals surface area contributed by atoms with Gasteiger partial charge in [-0.1, -0.05) is 37.3 Å². The van der Waals surface area contributed by atoms with E-state index in [-0.39, 0.29) is 18.3 Å². The molecule has 0 heterocycles. The first kappa shape index (κ1) is 17.9. The molecule has 0 radical (unpaired) electrons. The Bertz CT molecular complexity index is 330. The number of amides is 1. The zero-order valence-electron chi connectivity index (χ0n) is 11.7. The quantitative estimate of drug-likeness (QED) is 0.684. The molecule has 1 aromatic carbocycles. The van der Waals surface area contributed by atoms with Crippen molar-refractivity contribution in [2.24, 2.45) is 0 Å². The predicted octanol–water partition coefficient (Wildman–Crippen LogP) is 2.55. The summed E-state index contributed by atoms with van der Waals surface area (Å²) < 4.78 is 0. The van der Waals surface area contributed by atoms with Crippen LogP contribution in [-0.4, -0.2) is 25.5 Å². The van der Waals surface area contributed by atoms with Gasteiger partial charge < -0.3 is 10.6 Å². The van der Waals surface area contributed by atoms with Gasteiger partial charge in [0.25, 0.3) is 0 Å². The van der Waals surface area contributed by atoms with Crippen LogP contribution in [0, 0.1) is 0 Å². The molecule has 0 aliphatic heterocycles. The Morgan fingerprint density at radius 1 is 1.11 bits per heavy atom. The number of nitrogens with one attached hydrogen (secondary N) is 2. The summed E-state index contributed by atoms with van der Waals surface area (Å²) in [5.41, 5.74) is 1.30. The van der Waals surface area contributed by atoms with E-state index >= 15 is 0 Å². The van der Waals surface area contributed by atoms with Crippen LogP contribution in [0.1, 0.15) is 31.7 Å². The molecule has 0 saturated carbocycles. The van der Waals surface area contributed by atoms with Crippen LogP contribution >= 0.6 is 12.4 Å². The van der Waals surface area contributed by atoms with Gasteiger partial charge >= 0.3 is 0 Å². The van der Waals surface area contributed by atoms with E-state index in [1.165, 1.54) is 5.56 Å². The maximum atomic E-state index is 11.5. The van der Waals surface area contributed by atoms with E-state index in [0.29, 0.717) is 6.42 Å². The van der Waals surface area contributed by atoms with Gasteiger partial charge in [-0.25, -0.2) is 0 Å². The first-order valence-corrected chi connectivity index (χ1v) is 6.84. The third-order valence-corrected chi connectivity index (χ3v) is 2.76. The summed E-state index contributed by atoms with van der Waals surface area (Å²) in [5, 5.41) is 6.18. The number of carbonyl (C=O) groups is 1. The fraction of sp³-hybridized carbons (Fsp3) is 0.533. The molecule has 0 aromatic heterocycles. The molecule has 1 amide bonds. The Morgan fingerprint density at radius 2 is 1.84 bits per heavy atom. The van der Waals surface area contributed by atoms with Gasteiger partial charge in [0.1, 0.15) is 0 Å². The van der Waals surface area contributed by atoms with E-state index in [1.807, 2.05) is 18.2 Å². The summed E-state index contributed by atoms with van der Waals surface area (Å²) in [6.45, 7) is 4.74. The molecule has 0 saturated heterocycles. The number of rotatable bonds is 9. The minimum absolute atomic E-state index is 0. The van der Waals surface area contributed by atoms with Crippen molar-refractivity contribution in [2.75, 3.05) is 19.6 Å². The molecule has 1 rings (SSSR count). The highest BCUT2D eigenvalue weighted by atomic mass is 35.5. The lowest BCUT2D eigenvalue weighted by atomic mass is 10.1. The molecule has 108 valence electrons. The van der Waals surface area contributed by atoms with Crippen LogP contribution in [0.4, 0.5) is 0 Å². The van der Waals surface area contributed by atoms with Crippen molar-refractivity contribution in [3.63, 3.8) is 0 Å². The van der Waals surface area contributed by atoms with Gasteiger partial charge in [0, 0.05) is 19.5 Å². The van der Waals surface area contributed by atoms with Crippen LogP contribution in [-0.2, 0) is 11.2 Å². The second-order valence-electron chi connectivity index (χ2n) is 4.44. The highest BCUT2D eigenvalue weighted by Gasteiger charge is 2.00. The summed E-state index contributed by atoms with van der Waals surface area (Å²) in [4.78, 5) is 11.5. The fourth-order valence-corrected chi connectivity index (χ4v) is 1.78. The van der Waals surface area contributed by atoms with E-state index in [0.717, 1.165) is 38.9 Å². The molecular weight excluding hydrogens is 260 g/mol. The lowest BCUT2D eigenvalue weighted by Gasteiger charge is -2.06. The smallest absolute Gasteiger partial charge is 0.220 e. The van der Waals surface area contributed by atoms with Crippen molar-refractivity contribution in [2.45, 2.75) is 32.6 Å². The van der Waals surface area contributed by atoms with Crippen LogP contribution in [0.2, 0.25) is 0 Å². The van der Waals surface area contributed by atoms with Crippen molar-refractivity contribution in [1.29, 1.82) is 0 Å². The summed E-state index contributed by atoms with van der Waals surface area (Å²) in [6.07, 6.45) is 3.63. The molecule has 0 atom stereocenters. The molecule has 0 aliphatic carbocycles. The van der Waals surface area contributed by atoms with E-state index in [4.69, 9.17) is 0 Å². The zero-order chi connectivity index (χ0) is 13.1. The topological polar surface area (TPSA) is 41.1 Å². The van der Waals surface area contributed by atoms with Crippen LogP contribution in [0.25, 0.3) is 0 Å². The van der Waals surface area contributed by atoms with E-state index in [1.54, 1.807) is 0 Å².